The second-order valence-corrected chi connectivity index (χ2v) is 13.3. The van der Waals surface area contributed by atoms with E-state index in [2.05, 4.69) is 26.5 Å². The van der Waals surface area contributed by atoms with Crippen molar-refractivity contribution in [2.45, 2.75) is 36.4 Å². The van der Waals surface area contributed by atoms with Crippen LogP contribution in [-0.2, 0) is 23.4 Å². The van der Waals surface area contributed by atoms with Crippen molar-refractivity contribution in [2.24, 2.45) is 0 Å². The normalized spacial score (nSPS) is 16.7. The van der Waals surface area contributed by atoms with Crippen molar-refractivity contribution < 1.29 is 28.9 Å². The molecule has 2 aromatic heterocycles. The molecule has 0 bridgehead atoms. The molecule has 0 amide bonds. The fraction of sp³-hybridized carbons (Fsp3) is 0.296. The molecule has 1 aliphatic rings. The van der Waals surface area contributed by atoms with Gasteiger partial charge in [-0.25, -0.2) is 0 Å². The Hall–Kier alpha value is -3.87. The molecule has 3 heterocycles. The van der Waals surface area contributed by atoms with E-state index in [1.807, 2.05) is 29.2 Å². The van der Waals surface area contributed by atoms with Crippen LogP contribution >= 0.6 is 21.6 Å². The maximum absolute atomic E-state index is 13.1. The first kappa shape index (κ1) is 29.6. The zero-order valence-electron chi connectivity index (χ0n) is 22.2. The van der Waals surface area contributed by atoms with Crippen LogP contribution in [0.1, 0.15) is 29.0 Å². The van der Waals surface area contributed by atoms with Crippen LogP contribution in [0.2, 0.25) is 0 Å². The Labute approximate surface area is 242 Å². The Kier molecular flexibility index (Phi) is 7.36. The van der Waals surface area contributed by atoms with Crippen LogP contribution in [0.15, 0.2) is 65.6 Å². The second kappa shape index (κ2) is 10.4. The lowest BCUT2D eigenvalue weighted by Crippen LogP contribution is -2.42. The molecule has 0 saturated carbocycles. The molecular weight excluding hydrogens is 599 g/mol. The lowest BCUT2D eigenvalue weighted by molar-refractivity contribution is 0.106. The van der Waals surface area contributed by atoms with Gasteiger partial charge in [-0.2, -0.15) is 5.26 Å². The lowest BCUT2D eigenvalue weighted by Gasteiger charge is -2.41. The number of halogens is 5. The zero-order chi connectivity index (χ0) is 30.1. The second-order valence-electron chi connectivity index (χ2n) is 9.79. The highest BCUT2D eigenvalue weighted by Crippen LogP contribution is 3.02. The van der Waals surface area contributed by atoms with Crippen LogP contribution in [0, 0.1) is 11.3 Å². The Morgan fingerprint density at radius 3 is 2.14 bits per heavy atom. The average molecular weight is 625 g/mol. The molecule has 5 rings (SSSR count). The summed E-state index contributed by atoms with van der Waals surface area (Å²) in [5.41, 5.74) is 0.706. The van der Waals surface area contributed by atoms with Gasteiger partial charge in [0.15, 0.2) is 10.8 Å². The highest BCUT2D eigenvalue weighted by molar-refractivity contribution is 8.45. The van der Waals surface area contributed by atoms with Gasteiger partial charge in [0.1, 0.15) is 28.0 Å². The summed E-state index contributed by atoms with van der Waals surface area (Å²) in [7, 11) is -8.18. The highest BCUT2D eigenvalue weighted by Gasteiger charge is 2.65. The SMILES string of the molecule is COc1ccc(COCc2nnc(-c3ccc(N4CCC(C#N)(c5ccc(S(F)(F)(F)(F)F)cc5)CC4)nn3)s2)cc1. The molecule has 15 heteroatoms. The van der Waals surface area contributed by atoms with E-state index in [0.29, 0.717) is 53.4 Å². The number of aromatic nitrogens is 4. The van der Waals surface area contributed by atoms with E-state index >= 15 is 0 Å². The molecule has 0 N–H and O–H groups in total. The molecule has 0 atom stereocenters. The van der Waals surface area contributed by atoms with Crippen molar-refractivity contribution in [2.75, 3.05) is 25.1 Å². The number of anilines is 1. The average Bonchev–Trinajstić information content (AvgIpc) is 3.45. The number of rotatable bonds is 9. The van der Waals surface area contributed by atoms with Crippen LogP contribution in [-0.4, -0.2) is 40.6 Å². The van der Waals surface area contributed by atoms with E-state index in [9.17, 15) is 24.7 Å². The minimum atomic E-state index is -9.78. The van der Waals surface area contributed by atoms with E-state index in [1.165, 1.54) is 11.3 Å². The minimum Gasteiger partial charge on any atom is -0.497 e. The van der Waals surface area contributed by atoms with E-state index in [1.54, 1.807) is 19.2 Å². The Balaban J connectivity index is 1.18. The fourth-order valence-electron chi connectivity index (χ4n) is 4.62. The summed E-state index contributed by atoms with van der Waals surface area (Å²) in [5.74, 6) is 1.33. The number of benzene rings is 2. The molecule has 8 nitrogen and oxygen atoms in total. The first-order valence-corrected chi connectivity index (χ1v) is 15.4. The largest absolute Gasteiger partial charge is 0.497 e. The molecule has 1 fully saturated rings. The quantitative estimate of drug-likeness (QED) is 0.177. The van der Waals surface area contributed by atoms with Gasteiger partial charge in [-0.3, -0.25) is 0 Å². The van der Waals surface area contributed by atoms with Gasteiger partial charge in [0.2, 0.25) is 0 Å². The fourth-order valence-corrected chi connectivity index (χ4v) is 6.01. The van der Waals surface area contributed by atoms with E-state index in [4.69, 9.17) is 9.47 Å². The van der Waals surface area contributed by atoms with Crippen molar-refractivity contribution in [3.05, 3.63) is 76.8 Å². The molecule has 0 unspecified atom stereocenters. The van der Waals surface area contributed by atoms with Crippen LogP contribution in [0.4, 0.5) is 25.2 Å². The van der Waals surface area contributed by atoms with Gasteiger partial charge in [0.05, 0.1) is 25.2 Å². The lowest BCUT2D eigenvalue weighted by atomic mass is 9.74. The van der Waals surface area contributed by atoms with Gasteiger partial charge in [0.25, 0.3) is 0 Å². The van der Waals surface area contributed by atoms with Gasteiger partial charge in [-0.1, -0.05) is 55.0 Å². The zero-order valence-corrected chi connectivity index (χ0v) is 23.9. The molecular formula is C27H25F5N6O2S2. The number of nitriles is 1. The first-order chi connectivity index (χ1) is 19.8. The molecule has 1 saturated heterocycles. The third kappa shape index (κ3) is 6.61. The summed E-state index contributed by atoms with van der Waals surface area (Å²) in [6.45, 7) is 1.44. The van der Waals surface area contributed by atoms with Crippen molar-refractivity contribution >= 4 is 27.4 Å². The molecule has 1 aliphatic heterocycles. The van der Waals surface area contributed by atoms with Crippen molar-refractivity contribution in [3.63, 3.8) is 0 Å². The van der Waals surface area contributed by atoms with Crippen molar-refractivity contribution in [1.82, 2.24) is 20.4 Å². The number of ether oxygens (including phenoxy) is 2. The standard InChI is InChI=1S/C27H25F5N6O2S2/c1-39-21-6-2-19(3-7-21)16-40-17-25-36-37-26(41-25)23-10-11-24(35-34-23)38-14-12-27(18-33,13-15-38)20-4-8-22(9-5-20)42(28,29,30,31)32/h2-11H,12-17H2,1H3. The molecule has 4 aromatic rings. The van der Waals surface area contributed by atoms with Gasteiger partial charge >= 0.3 is 10.2 Å². The van der Waals surface area contributed by atoms with Gasteiger partial charge < -0.3 is 14.4 Å². The number of nitrogens with zero attached hydrogens (tertiary/aromatic N) is 6. The minimum absolute atomic E-state index is 0.275. The Bertz CT molecular complexity index is 1590. The smallest absolute Gasteiger partial charge is 0.310 e. The number of piperidine rings is 1. The summed E-state index contributed by atoms with van der Waals surface area (Å²) in [6.07, 6.45) is 0.554. The van der Waals surface area contributed by atoms with Crippen LogP contribution in [0.3, 0.4) is 0 Å². The van der Waals surface area contributed by atoms with E-state index < -0.39 is 20.5 Å². The summed E-state index contributed by atoms with van der Waals surface area (Å²) in [5, 5.41) is 28.0. The number of hydrogen-bond donors (Lipinski definition) is 0. The topological polar surface area (TPSA) is 97.1 Å². The molecule has 222 valence electrons. The van der Waals surface area contributed by atoms with Gasteiger partial charge in [-0.15, -0.1) is 20.4 Å². The number of hydrogen-bond acceptors (Lipinski definition) is 9. The van der Waals surface area contributed by atoms with Crippen molar-refractivity contribution in [1.29, 1.82) is 5.26 Å². The molecule has 2 aromatic carbocycles. The maximum Gasteiger partial charge on any atom is 0.310 e. The summed E-state index contributed by atoms with van der Waals surface area (Å²) >= 11 is 1.34. The predicted octanol–water partition coefficient (Wildman–Crippen LogP) is 7.44. The first-order valence-electron chi connectivity index (χ1n) is 12.7. The Morgan fingerprint density at radius 2 is 1.57 bits per heavy atom. The van der Waals surface area contributed by atoms with Gasteiger partial charge in [0, 0.05) is 13.1 Å². The van der Waals surface area contributed by atoms with E-state index in [0.717, 1.165) is 23.4 Å². The number of methoxy groups -OCH3 is 1. The predicted molar refractivity (Wildman–Crippen MR) is 149 cm³/mol. The van der Waals surface area contributed by atoms with Crippen LogP contribution in [0.5, 0.6) is 5.75 Å². The summed E-state index contributed by atoms with van der Waals surface area (Å²) in [6, 6.07) is 16.0. The van der Waals surface area contributed by atoms with Gasteiger partial charge in [-0.05, 0) is 60.4 Å². The molecule has 42 heavy (non-hydrogen) atoms. The van der Waals surface area contributed by atoms with Crippen LogP contribution < -0.4 is 9.64 Å². The molecule has 0 aliphatic carbocycles. The molecule has 0 radical (unpaired) electrons. The Morgan fingerprint density at radius 1 is 0.881 bits per heavy atom. The maximum atomic E-state index is 13.1. The van der Waals surface area contributed by atoms with E-state index in [-0.39, 0.29) is 25.0 Å². The summed E-state index contributed by atoms with van der Waals surface area (Å²) in [4.78, 5) is -0.0585. The third-order valence-electron chi connectivity index (χ3n) is 7.00. The monoisotopic (exact) mass is 624 g/mol. The van der Waals surface area contributed by atoms with Crippen LogP contribution in [0.25, 0.3) is 10.7 Å². The van der Waals surface area contributed by atoms with Crippen molar-refractivity contribution in [3.8, 4) is 22.5 Å². The molecule has 0 spiro atoms. The summed E-state index contributed by atoms with van der Waals surface area (Å²) < 4.78 is 76.4. The highest BCUT2D eigenvalue weighted by atomic mass is 32.5. The third-order valence-corrected chi connectivity index (χ3v) is 9.08.